The van der Waals surface area contributed by atoms with Crippen LogP contribution in [0.5, 0.6) is 0 Å². The van der Waals surface area contributed by atoms with Crippen molar-refractivity contribution in [2.24, 2.45) is 11.8 Å². The first-order valence-corrected chi connectivity index (χ1v) is 13.2. The summed E-state index contributed by atoms with van der Waals surface area (Å²) in [5, 5.41) is 0. The third-order valence-electron chi connectivity index (χ3n) is 6.28. The molecule has 4 rings (SSSR count). The number of nitrogens with zero attached hydrogens (tertiary/aromatic N) is 2. The minimum absolute atomic E-state index is 0.148. The highest BCUT2D eigenvalue weighted by molar-refractivity contribution is 7.92. The summed E-state index contributed by atoms with van der Waals surface area (Å²) in [4.78, 5) is 15.7. The monoisotopic (exact) mass is 471 g/mol. The summed E-state index contributed by atoms with van der Waals surface area (Å²) in [7, 11) is -3.81. The van der Waals surface area contributed by atoms with Gasteiger partial charge in [-0.2, -0.15) is 0 Å². The van der Waals surface area contributed by atoms with E-state index in [9.17, 15) is 13.2 Å². The van der Waals surface area contributed by atoms with E-state index in [1.165, 1.54) is 4.31 Å². The quantitative estimate of drug-likeness (QED) is 0.534. The van der Waals surface area contributed by atoms with E-state index in [4.69, 9.17) is 4.74 Å². The normalized spacial score (nSPS) is 15.4. The third-order valence-corrected chi connectivity index (χ3v) is 8.07. The molecule has 2 heterocycles. The number of anilines is 1. The number of benzene rings is 2. The Hall–Kier alpha value is -2.58. The fourth-order valence-electron chi connectivity index (χ4n) is 4.37. The van der Waals surface area contributed by atoms with Crippen LogP contribution in [-0.2, 0) is 27.7 Å². The molecule has 0 atom stereocenters. The van der Waals surface area contributed by atoms with E-state index in [2.05, 4.69) is 11.9 Å². The van der Waals surface area contributed by atoms with E-state index < -0.39 is 10.0 Å². The number of hydrogen-bond acceptors (Lipinski definition) is 4. The Morgan fingerprint density at radius 2 is 1.82 bits per heavy atom. The third kappa shape index (κ3) is 5.01. The number of aryl methyl sites for hydroxylation is 1. The molecule has 1 fully saturated rings. The van der Waals surface area contributed by atoms with Gasteiger partial charge in [0.05, 0.1) is 21.6 Å². The second-order valence-electron chi connectivity index (χ2n) is 9.23. The van der Waals surface area contributed by atoms with Crippen molar-refractivity contribution in [1.82, 2.24) is 9.55 Å². The van der Waals surface area contributed by atoms with Gasteiger partial charge in [0.2, 0.25) is 0 Å². The number of aromatic amines is 1. The van der Waals surface area contributed by atoms with Crippen molar-refractivity contribution in [2.45, 2.75) is 51.5 Å². The molecule has 0 amide bonds. The molecule has 0 aliphatic carbocycles. The Morgan fingerprint density at radius 1 is 1.12 bits per heavy atom. The molecule has 0 spiro atoms. The molecule has 3 aromatic rings. The average Bonchev–Trinajstić information content (AvgIpc) is 3.12. The first-order valence-electron chi connectivity index (χ1n) is 11.7. The maximum absolute atomic E-state index is 13.7. The van der Waals surface area contributed by atoms with E-state index in [0.29, 0.717) is 30.2 Å². The van der Waals surface area contributed by atoms with Crippen LogP contribution in [0.3, 0.4) is 0 Å². The van der Waals surface area contributed by atoms with Gasteiger partial charge in [0, 0.05) is 26.3 Å². The number of nitrogens with one attached hydrogen (secondary N) is 1. The maximum atomic E-state index is 13.7. The lowest BCUT2D eigenvalue weighted by Crippen LogP contribution is -2.34. The Bertz CT molecular complexity index is 1250. The standard InChI is InChI=1S/C25H33N3O4S/c1-4-19-5-7-21(8-6-19)28(16-18(2)3)33(30,31)22-9-10-24-23(15-22)26-25(29)27(24)17-20-11-13-32-14-12-20/h5-10,15,18,20H,4,11-14,16-17H2,1-3H3,(H,26,29). The topological polar surface area (TPSA) is 84.4 Å². The van der Waals surface area contributed by atoms with Gasteiger partial charge in [-0.05, 0) is 67.0 Å². The van der Waals surface area contributed by atoms with Crippen LogP contribution in [0.25, 0.3) is 11.0 Å². The summed E-state index contributed by atoms with van der Waals surface area (Å²) >= 11 is 0. The van der Waals surface area contributed by atoms with E-state index in [-0.39, 0.29) is 16.5 Å². The summed E-state index contributed by atoms with van der Waals surface area (Å²) in [6.45, 7) is 8.48. The van der Waals surface area contributed by atoms with Gasteiger partial charge < -0.3 is 9.72 Å². The zero-order valence-corrected chi connectivity index (χ0v) is 20.4. The first-order chi connectivity index (χ1) is 15.8. The van der Waals surface area contributed by atoms with Crippen LogP contribution in [0.15, 0.2) is 52.2 Å². The number of ether oxygens (including phenoxy) is 1. The Balaban J connectivity index is 1.69. The Kier molecular flexibility index (Phi) is 6.95. The van der Waals surface area contributed by atoms with Crippen LogP contribution < -0.4 is 9.99 Å². The summed E-state index contributed by atoms with van der Waals surface area (Å²) in [6.07, 6.45) is 2.74. The molecule has 8 heteroatoms. The highest BCUT2D eigenvalue weighted by atomic mass is 32.2. The van der Waals surface area contributed by atoms with Crippen LogP contribution in [-0.4, -0.2) is 37.7 Å². The molecule has 0 bridgehead atoms. The predicted octanol–water partition coefficient (Wildman–Crippen LogP) is 4.17. The second-order valence-corrected chi connectivity index (χ2v) is 11.1. The molecule has 0 saturated carbocycles. The predicted molar refractivity (Wildman–Crippen MR) is 131 cm³/mol. The Morgan fingerprint density at radius 3 is 2.45 bits per heavy atom. The molecule has 1 aliphatic rings. The zero-order valence-electron chi connectivity index (χ0n) is 19.6. The van der Waals surface area contributed by atoms with Crippen LogP contribution in [0.1, 0.15) is 39.2 Å². The van der Waals surface area contributed by atoms with E-state index >= 15 is 0 Å². The average molecular weight is 472 g/mol. The van der Waals surface area contributed by atoms with Crippen LogP contribution >= 0.6 is 0 Å². The molecule has 0 unspecified atom stereocenters. The van der Waals surface area contributed by atoms with Gasteiger partial charge in [-0.25, -0.2) is 13.2 Å². The van der Waals surface area contributed by atoms with E-state index in [1.54, 1.807) is 22.8 Å². The molecule has 178 valence electrons. The lowest BCUT2D eigenvalue weighted by molar-refractivity contribution is 0.0613. The fraction of sp³-hybridized carbons (Fsp3) is 0.480. The van der Waals surface area contributed by atoms with Crippen LogP contribution in [0.4, 0.5) is 5.69 Å². The summed E-state index contributed by atoms with van der Waals surface area (Å²) in [5.74, 6) is 0.529. The van der Waals surface area contributed by atoms with Crippen molar-refractivity contribution in [3.8, 4) is 0 Å². The minimum Gasteiger partial charge on any atom is -0.381 e. The molecule has 1 aromatic heterocycles. The molecular weight excluding hydrogens is 438 g/mol. The number of imidazole rings is 1. The smallest absolute Gasteiger partial charge is 0.326 e. The number of sulfonamides is 1. The largest absolute Gasteiger partial charge is 0.381 e. The first kappa shape index (κ1) is 23.6. The highest BCUT2D eigenvalue weighted by Crippen LogP contribution is 2.28. The Labute approximate surface area is 195 Å². The summed E-state index contributed by atoms with van der Waals surface area (Å²) < 4.78 is 36.0. The molecule has 1 aliphatic heterocycles. The van der Waals surface area contributed by atoms with Crippen molar-refractivity contribution in [1.29, 1.82) is 0 Å². The maximum Gasteiger partial charge on any atom is 0.326 e. The number of H-pyrrole nitrogens is 1. The minimum atomic E-state index is -3.81. The van der Waals surface area contributed by atoms with Crippen LogP contribution in [0, 0.1) is 11.8 Å². The van der Waals surface area contributed by atoms with Crippen molar-refractivity contribution in [3.63, 3.8) is 0 Å². The summed E-state index contributed by atoms with van der Waals surface area (Å²) in [6, 6.07) is 12.6. The second kappa shape index (κ2) is 9.73. The van der Waals surface area contributed by atoms with Gasteiger partial charge in [0.25, 0.3) is 10.0 Å². The van der Waals surface area contributed by atoms with Crippen molar-refractivity contribution in [3.05, 3.63) is 58.5 Å². The van der Waals surface area contributed by atoms with Crippen molar-refractivity contribution >= 4 is 26.7 Å². The zero-order chi connectivity index (χ0) is 23.6. The van der Waals surface area contributed by atoms with Crippen molar-refractivity contribution < 1.29 is 13.2 Å². The molecule has 7 nitrogen and oxygen atoms in total. The van der Waals surface area contributed by atoms with Gasteiger partial charge >= 0.3 is 5.69 Å². The summed E-state index contributed by atoms with van der Waals surface area (Å²) in [5.41, 5.74) is 2.87. The van der Waals surface area contributed by atoms with E-state index in [0.717, 1.165) is 43.6 Å². The molecule has 1 saturated heterocycles. The number of aromatic nitrogens is 2. The number of rotatable bonds is 8. The SMILES string of the molecule is CCc1ccc(N(CC(C)C)S(=O)(=O)c2ccc3c(c2)[nH]c(=O)n3CC2CCOCC2)cc1. The van der Waals surface area contributed by atoms with Gasteiger partial charge in [0.15, 0.2) is 0 Å². The van der Waals surface area contributed by atoms with Crippen molar-refractivity contribution in [2.75, 3.05) is 24.1 Å². The number of hydrogen-bond donors (Lipinski definition) is 1. The van der Waals surface area contributed by atoms with Gasteiger partial charge in [-0.1, -0.05) is 32.9 Å². The van der Waals surface area contributed by atoms with Gasteiger partial charge in [-0.3, -0.25) is 8.87 Å². The fourth-order valence-corrected chi connectivity index (χ4v) is 6.03. The number of fused-ring (bicyclic) bond motifs is 1. The molecule has 33 heavy (non-hydrogen) atoms. The van der Waals surface area contributed by atoms with E-state index in [1.807, 2.05) is 38.1 Å². The lowest BCUT2D eigenvalue weighted by atomic mass is 10.0. The van der Waals surface area contributed by atoms with Crippen LogP contribution in [0.2, 0.25) is 0 Å². The molecule has 1 N–H and O–H groups in total. The lowest BCUT2D eigenvalue weighted by Gasteiger charge is -2.26. The molecular formula is C25H33N3O4S. The van der Waals surface area contributed by atoms with Gasteiger partial charge in [-0.15, -0.1) is 0 Å². The molecule has 2 aromatic carbocycles. The van der Waals surface area contributed by atoms with Gasteiger partial charge in [0.1, 0.15) is 0 Å². The highest BCUT2D eigenvalue weighted by Gasteiger charge is 2.27. The molecule has 0 radical (unpaired) electrons.